The Morgan fingerprint density at radius 2 is 2.24 bits per heavy atom. The van der Waals surface area contributed by atoms with Crippen LogP contribution < -0.4 is 15.8 Å². The summed E-state index contributed by atoms with van der Waals surface area (Å²) < 4.78 is 1.66. The summed E-state index contributed by atoms with van der Waals surface area (Å²) in [6, 6.07) is 7.80. The van der Waals surface area contributed by atoms with Crippen molar-refractivity contribution in [3.63, 3.8) is 0 Å². The summed E-state index contributed by atoms with van der Waals surface area (Å²) in [5.41, 5.74) is 1.16. The van der Waals surface area contributed by atoms with Crippen LogP contribution in [0.4, 0.5) is 5.82 Å². The molecule has 1 aliphatic rings. The van der Waals surface area contributed by atoms with Crippen LogP contribution in [0, 0.1) is 5.92 Å². The number of hydrogen-bond donors (Lipinski definition) is 1. The summed E-state index contributed by atoms with van der Waals surface area (Å²) in [6.07, 6.45) is 4.22. The molecule has 1 amide bonds. The van der Waals surface area contributed by atoms with Gasteiger partial charge in [-0.1, -0.05) is 6.07 Å². The molecule has 4 rings (SSSR count). The first-order chi connectivity index (χ1) is 14.2. The highest BCUT2D eigenvalue weighted by Crippen LogP contribution is 2.21. The average molecular weight is 412 g/mol. The predicted molar refractivity (Wildman–Crippen MR) is 115 cm³/mol. The van der Waals surface area contributed by atoms with Crippen molar-refractivity contribution in [3.05, 3.63) is 51.1 Å². The van der Waals surface area contributed by atoms with Crippen LogP contribution in [0.5, 0.6) is 0 Å². The lowest BCUT2D eigenvalue weighted by Crippen LogP contribution is -2.46. The monoisotopic (exact) mass is 411 g/mol. The number of hydrogen-bond acceptors (Lipinski definition) is 6. The smallest absolute Gasteiger partial charge is 0.295 e. The van der Waals surface area contributed by atoms with Gasteiger partial charge < -0.3 is 10.2 Å². The number of fused-ring (bicyclic) bond motifs is 1. The Labute approximate surface area is 173 Å². The minimum atomic E-state index is -0.141. The number of pyridine rings is 1. The van der Waals surface area contributed by atoms with Crippen molar-refractivity contribution in [2.24, 2.45) is 5.92 Å². The molecule has 29 heavy (non-hydrogen) atoms. The first-order valence-corrected chi connectivity index (χ1v) is 11.0. The number of nitrogens with one attached hydrogen (secondary N) is 1. The number of amides is 1. The molecule has 0 unspecified atom stereocenters. The number of rotatable bonds is 6. The quantitative estimate of drug-likeness (QED) is 0.674. The second-order valence-corrected chi connectivity index (χ2v) is 8.27. The minimum absolute atomic E-state index is 0.0597. The van der Waals surface area contributed by atoms with Gasteiger partial charge in [0.1, 0.15) is 5.52 Å². The first kappa shape index (κ1) is 19.6. The summed E-state index contributed by atoms with van der Waals surface area (Å²) in [7, 11) is 0. The lowest BCUT2D eigenvalue weighted by Gasteiger charge is -2.32. The van der Waals surface area contributed by atoms with Crippen LogP contribution in [0.3, 0.4) is 0 Å². The molecule has 7 nitrogen and oxygen atoms in total. The molecule has 1 saturated heterocycles. The van der Waals surface area contributed by atoms with Gasteiger partial charge in [-0.25, -0.2) is 9.97 Å². The number of carbonyl (C=O) groups excluding carboxylic acids is 1. The third-order valence-corrected chi connectivity index (χ3v) is 6.28. The van der Waals surface area contributed by atoms with Crippen LogP contribution in [0.1, 0.15) is 24.6 Å². The summed E-state index contributed by atoms with van der Waals surface area (Å²) >= 11 is 1.70. The zero-order valence-electron chi connectivity index (χ0n) is 16.5. The average Bonchev–Trinajstić information content (AvgIpc) is 3.27. The molecule has 0 saturated carbocycles. The Kier molecular flexibility index (Phi) is 5.89. The van der Waals surface area contributed by atoms with Crippen LogP contribution in [0.25, 0.3) is 11.2 Å². The van der Waals surface area contributed by atoms with E-state index < -0.39 is 0 Å². The SMILES string of the molecule is CCn1c(=O)c(N2CCC[C@@H](C(=O)NCCc3cccs3)C2)nc2cccnc21. The number of piperidine rings is 1. The van der Waals surface area contributed by atoms with Gasteiger partial charge in [-0.15, -0.1) is 11.3 Å². The zero-order valence-corrected chi connectivity index (χ0v) is 17.3. The summed E-state index contributed by atoms with van der Waals surface area (Å²) in [6.45, 7) is 4.35. The van der Waals surface area contributed by atoms with Crippen LogP contribution in [-0.2, 0) is 17.8 Å². The van der Waals surface area contributed by atoms with Gasteiger partial charge >= 0.3 is 0 Å². The van der Waals surface area contributed by atoms with Gasteiger partial charge in [0.2, 0.25) is 5.91 Å². The maximum atomic E-state index is 13.0. The Morgan fingerprint density at radius 3 is 3.03 bits per heavy atom. The van der Waals surface area contributed by atoms with Gasteiger partial charge in [0.15, 0.2) is 11.5 Å². The molecule has 152 valence electrons. The number of anilines is 1. The van der Waals surface area contributed by atoms with E-state index in [1.807, 2.05) is 35.4 Å². The lowest BCUT2D eigenvalue weighted by molar-refractivity contribution is -0.125. The highest BCUT2D eigenvalue weighted by molar-refractivity contribution is 7.09. The molecule has 1 aliphatic heterocycles. The van der Waals surface area contributed by atoms with Crippen molar-refractivity contribution in [1.82, 2.24) is 19.9 Å². The van der Waals surface area contributed by atoms with Crippen LogP contribution >= 0.6 is 11.3 Å². The maximum Gasteiger partial charge on any atom is 0.295 e. The fraction of sp³-hybridized carbons (Fsp3) is 0.429. The lowest BCUT2D eigenvalue weighted by atomic mass is 9.97. The Hall–Kier alpha value is -2.74. The molecule has 0 spiro atoms. The van der Waals surface area contributed by atoms with Crippen LogP contribution in [-0.4, -0.2) is 40.1 Å². The summed E-state index contributed by atoms with van der Waals surface area (Å²) in [4.78, 5) is 37.8. The van der Waals surface area contributed by atoms with E-state index in [0.717, 1.165) is 25.8 Å². The third-order valence-electron chi connectivity index (χ3n) is 5.34. The minimum Gasteiger partial charge on any atom is -0.355 e. The Bertz CT molecular complexity index is 1050. The molecule has 1 N–H and O–H groups in total. The highest BCUT2D eigenvalue weighted by Gasteiger charge is 2.28. The van der Waals surface area contributed by atoms with E-state index in [-0.39, 0.29) is 17.4 Å². The fourth-order valence-electron chi connectivity index (χ4n) is 3.85. The van der Waals surface area contributed by atoms with Crippen molar-refractivity contribution < 1.29 is 4.79 Å². The van der Waals surface area contributed by atoms with Crippen LogP contribution in [0.2, 0.25) is 0 Å². The van der Waals surface area contributed by atoms with Gasteiger partial charge in [-0.2, -0.15) is 0 Å². The van der Waals surface area contributed by atoms with E-state index in [1.165, 1.54) is 4.88 Å². The van der Waals surface area contributed by atoms with E-state index >= 15 is 0 Å². The molecule has 4 heterocycles. The molecule has 1 atom stereocenters. The molecule has 3 aromatic heterocycles. The zero-order chi connectivity index (χ0) is 20.2. The van der Waals surface area contributed by atoms with Crippen molar-refractivity contribution in [1.29, 1.82) is 0 Å². The fourth-order valence-corrected chi connectivity index (χ4v) is 4.56. The van der Waals surface area contributed by atoms with Crippen molar-refractivity contribution in [2.45, 2.75) is 32.7 Å². The molecule has 0 aliphatic carbocycles. The topological polar surface area (TPSA) is 80.1 Å². The van der Waals surface area contributed by atoms with E-state index in [2.05, 4.69) is 21.4 Å². The van der Waals surface area contributed by atoms with Gasteiger partial charge in [0, 0.05) is 37.3 Å². The Morgan fingerprint density at radius 1 is 1.34 bits per heavy atom. The van der Waals surface area contributed by atoms with Gasteiger partial charge in [0.25, 0.3) is 5.56 Å². The van der Waals surface area contributed by atoms with Gasteiger partial charge in [0.05, 0.1) is 5.92 Å². The number of aromatic nitrogens is 3. The normalized spacial score (nSPS) is 16.9. The largest absolute Gasteiger partial charge is 0.355 e. The highest BCUT2D eigenvalue weighted by atomic mass is 32.1. The number of aryl methyl sites for hydroxylation is 1. The molecule has 0 bridgehead atoms. The predicted octanol–water partition coefficient (Wildman–Crippen LogP) is 2.45. The first-order valence-electron chi connectivity index (χ1n) is 10.1. The molecule has 1 fully saturated rings. The van der Waals surface area contributed by atoms with Crippen molar-refractivity contribution in [2.75, 3.05) is 24.5 Å². The number of nitrogens with zero attached hydrogens (tertiary/aromatic N) is 4. The molecule has 8 heteroatoms. The third kappa shape index (κ3) is 4.17. The molecular formula is C21H25N5O2S. The standard InChI is InChI=1S/C21H25N5O2S/c1-2-26-18-17(8-3-10-22-18)24-19(21(26)28)25-12-4-6-15(14-25)20(27)23-11-9-16-7-5-13-29-16/h3,5,7-8,10,13,15H,2,4,6,9,11-12,14H2,1H3,(H,23,27)/t15-/m1/s1. The maximum absolute atomic E-state index is 13.0. The van der Waals surface area contributed by atoms with E-state index in [1.54, 1.807) is 22.1 Å². The molecule has 3 aromatic rings. The number of carbonyl (C=O) groups is 1. The van der Waals surface area contributed by atoms with Crippen molar-refractivity contribution >= 4 is 34.2 Å². The van der Waals surface area contributed by atoms with E-state index in [0.29, 0.717) is 36.6 Å². The molecular weight excluding hydrogens is 386 g/mol. The summed E-state index contributed by atoms with van der Waals surface area (Å²) in [5.74, 6) is 0.348. The van der Waals surface area contributed by atoms with E-state index in [4.69, 9.17) is 0 Å². The summed E-state index contributed by atoms with van der Waals surface area (Å²) in [5, 5.41) is 5.10. The molecule has 0 aromatic carbocycles. The van der Waals surface area contributed by atoms with Gasteiger partial charge in [-0.3, -0.25) is 14.2 Å². The van der Waals surface area contributed by atoms with Crippen molar-refractivity contribution in [3.8, 4) is 0 Å². The number of thiophene rings is 1. The van der Waals surface area contributed by atoms with Crippen LogP contribution in [0.15, 0.2) is 40.6 Å². The second kappa shape index (κ2) is 8.73. The van der Waals surface area contributed by atoms with Gasteiger partial charge in [-0.05, 0) is 49.8 Å². The second-order valence-electron chi connectivity index (χ2n) is 7.24. The molecule has 0 radical (unpaired) electrons. The van der Waals surface area contributed by atoms with E-state index in [9.17, 15) is 9.59 Å². The Balaban J connectivity index is 1.49.